The average Bonchev–Trinajstić information content (AvgIpc) is 3.52. The predicted octanol–water partition coefficient (Wildman–Crippen LogP) is 2.76. The maximum Gasteiger partial charge on any atom is 0.253 e. The van der Waals surface area contributed by atoms with E-state index in [9.17, 15) is 4.79 Å². The second-order valence-corrected chi connectivity index (χ2v) is 8.36. The summed E-state index contributed by atoms with van der Waals surface area (Å²) in [7, 11) is 4.93. The van der Waals surface area contributed by atoms with Crippen LogP contribution in [0.2, 0.25) is 0 Å². The molecule has 1 aliphatic heterocycles. The number of aromatic nitrogens is 4. The average molecular weight is 445 g/mol. The molecule has 2 aromatic heterocycles. The molecule has 9 nitrogen and oxygen atoms in total. The third-order valence-corrected chi connectivity index (χ3v) is 6.58. The summed E-state index contributed by atoms with van der Waals surface area (Å²) in [5, 5.41) is 20.1. The van der Waals surface area contributed by atoms with Gasteiger partial charge in [0.05, 0.1) is 36.6 Å². The van der Waals surface area contributed by atoms with Crippen molar-refractivity contribution in [2.45, 2.75) is 17.6 Å². The van der Waals surface area contributed by atoms with Crippen molar-refractivity contribution in [3.8, 4) is 11.5 Å². The number of tetrazole rings is 1. The Kier molecular flexibility index (Phi) is 6.00. The van der Waals surface area contributed by atoms with Gasteiger partial charge in [-0.1, -0.05) is 23.9 Å². The number of carbonyl (C=O) groups excluding carboxylic acids is 1. The van der Waals surface area contributed by atoms with E-state index in [2.05, 4.69) is 20.6 Å². The number of hydrogen-bond donors (Lipinski definition) is 0. The molecule has 0 N–H and O–H groups in total. The molecule has 0 fully saturated rings. The van der Waals surface area contributed by atoms with Crippen molar-refractivity contribution in [3.05, 3.63) is 46.2 Å². The number of hydrogen-bond acceptors (Lipinski definition) is 9. The summed E-state index contributed by atoms with van der Waals surface area (Å²) in [6, 6.07) is 9.46. The molecule has 1 amide bonds. The first-order valence-electron chi connectivity index (χ1n) is 9.11. The van der Waals surface area contributed by atoms with Gasteiger partial charge in [-0.3, -0.25) is 4.79 Å². The van der Waals surface area contributed by atoms with Crippen molar-refractivity contribution in [1.29, 1.82) is 0 Å². The van der Waals surface area contributed by atoms with Gasteiger partial charge in [0.1, 0.15) is 0 Å². The highest BCUT2D eigenvalue weighted by Gasteiger charge is 2.34. The van der Waals surface area contributed by atoms with Gasteiger partial charge in [-0.05, 0) is 39.6 Å². The van der Waals surface area contributed by atoms with E-state index in [1.54, 1.807) is 37.6 Å². The van der Waals surface area contributed by atoms with Gasteiger partial charge in [0, 0.05) is 13.5 Å². The number of aryl methyl sites for hydroxylation is 1. The molecule has 1 atom stereocenters. The number of hydrazone groups is 1. The van der Waals surface area contributed by atoms with Gasteiger partial charge < -0.3 is 9.47 Å². The van der Waals surface area contributed by atoms with Crippen LogP contribution in [0, 0.1) is 0 Å². The van der Waals surface area contributed by atoms with Gasteiger partial charge in [0.25, 0.3) is 5.91 Å². The smallest absolute Gasteiger partial charge is 0.253 e. The Morgan fingerprint density at radius 2 is 2.10 bits per heavy atom. The summed E-state index contributed by atoms with van der Waals surface area (Å²) in [5.41, 5.74) is 1.82. The van der Waals surface area contributed by atoms with Crippen LogP contribution >= 0.6 is 23.1 Å². The van der Waals surface area contributed by atoms with Crippen LogP contribution < -0.4 is 9.47 Å². The number of thioether (sulfide) groups is 1. The fourth-order valence-electron chi connectivity index (χ4n) is 3.19. The third kappa shape index (κ3) is 4.03. The maximum atomic E-state index is 13.1. The third-order valence-electron chi connectivity index (χ3n) is 4.67. The monoisotopic (exact) mass is 444 g/mol. The van der Waals surface area contributed by atoms with Crippen LogP contribution in [0.3, 0.4) is 0 Å². The topological polar surface area (TPSA) is 94.7 Å². The second kappa shape index (κ2) is 8.84. The lowest BCUT2D eigenvalue weighted by molar-refractivity contribution is -0.130. The van der Waals surface area contributed by atoms with Crippen molar-refractivity contribution >= 4 is 34.7 Å². The highest BCUT2D eigenvalue weighted by atomic mass is 32.2. The second-order valence-electron chi connectivity index (χ2n) is 6.47. The van der Waals surface area contributed by atoms with Crippen molar-refractivity contribution < 1.29 is 14.3 Å². The standard InChI is InChI=1S/C19H20N6O3S2/c1-24-19(20-22-23-24)30-11-18(26)25-14(10-13(21-25)17-5-4-8-29-17)12-6-7-15(27-2)16(9-12)28-3/h4-9,14H,10-11H2,1-3H3/t14-/m1/s1. The van der Waals surface area contributed by atoms with E-state index in [4.69, 9.17) is 9.47 Å². The van der Waals surface area contributed by atoms with Crippen LogP contribution in [-0.2, 0) is 11.8 Å². The van der Waals surface area contributed by atoms with E-state index in [0.717, 1.165) is 16.2 Å². The van der Waals surface area contributed by atoms with E-state index in [-0.39, 0.29) is 17.7 Å². The Morgan fingerprint density at radius 1 is 1.27 bits per heavy atom. The molecule has 0 unspecified atom stereocenters. The zero-order valence-corrected chi connectivity index (χ0v) is 18.3. The molecule has 11 heteroatoms. The van der Waals surface area contributed by atoms with E-state index in [1.165, 1.54) is 16.4 Å². The number of rotatable bonds is 7. The first kappa shape index (κ1) is 20.4. The Bertz CT molecular complexity index is 1070. The Morgan fingerprint density at radius 3 is 2.77 bits per heavy atom. The first-order chi connectivity index (χ1) is 14.6. The van der Waals surface area contributed by atoms with Gasteiger partial charge in [-0.25, -0.2) is 9.69 Å². The number of thiophene rings is 1. The highest BCUT2D eigenvalue weighted by Crippen LogP contribution is 2.38. The number of ether oxygens (including phenoxy) is 2. The maximum absolute atomic E-state index is 13.1. The molecule has 0 radical (unpaired) electrons. The van der Waals surface area contributed by atoms with Crippen LogP contribution in [0.25, 0.3) is 0 Å². The van der Waals surface area contributed by atoms with Crippen LogP contribution in [-0.4, -0.2) is 56.8 Å². The molecule has 0 aliphatic carbocycles. The Balaban J connectivity index is 1.61. The predicted molar refractivity (Wildman–Crippen MR) is 114 cm³/mol. The summed E-state index contributed by atoms with van der Waals surface area (Å²) in [6.45, 7) is 0. The molecule has 0 saturated heterocycles. The van der Waals surface area contributed by atoms with Crippen LogP contribution in [0.4, 0.5) is 0 Å². The summed E-state index contributed by atoms with van der Waals surface area (Å²) in [6.07, 6.45) is 0.623. The Hall–Kier alpha value is -2.92. The van der Waals surface area contributed by atoms with Gasteiger partial charge in [0.15, 0.2) is 11.5 Å². The van der Waals surface area contributed by atoms with Crippen LogP contribution in [0.1, 0.15) is 22.9 Å². The van der Waals surface area contributed by atoms with E-state index < -0.39 is 0 Å². The van der Waals surface area contributed by atoms with E-state index >= 15 is 0 Å². The largest absolute Gasteiger partial charge is 0.493 e. The zero-order valence-electron chi connectivity index (χ0n) is 16.7. The zero-order chi connectivity index (χ0) is 21.1. The SMILES string of the molecule is COc1ccc([C@H]2CC(c3cccs3)=NN2C(=O)CSc2nnnn2C)cc1OC. The minimum Gasteiger partial charge on any atom is -0.493 e. The molecule has 1 aromatic carbocycles. The quantitative estimate of drug-likeness (QED) is 0.517. The number of nitrogens with zero attached hydrogens (tertiary/aromatic N) is 6. The van der Waals surface area contributed by atoms with Gasteiger partial charge >= 0.3 is 0 Å². The minimum absolute atomic E-state index is 0.116. The van der Waals surface area contributed by atoms with Gasteiger partial charge in [-0.15, -0.1) is 16.4 Å². The van der Waals surface area contributed by atoms with E-state index in [1.807, 2.05) is 35.7 Å². The molecular weight excluding hydrogens is 424 g/mol. The fourth-order valence-corrected chi connectivity index (χ4v) is 4.61. The first-order valence-corrected chi connectivity index (χ1v) is 11.0. The molecule has 0 spiro atoms. The normalized spacial score (nSPS) is 15.9. The minimum atomic E-state index is -0.229. The van der Waals surface area contributed by atoms with Crippen LogP contribution in [0.15, 0.2) is 46.0 Å². The number of benzene rings is 1. The molecule has 3 aromatic rings. The summed E-state index contributed by atoms with van der Waals surface area (Å²) in [5.74, 6) is 1.32. The number of methoxy groups -OCH3 is 2. The summed E-state index contributed by atoms with van der Waals surface area (Å²) in [4.78, 5) is 14.2. The molecule has 0 saturated carbocycles. The Labute approximate surface area is 181 Å². The molecule has 156 valence electrons. The molecule has 3 heterocycles. The highest BCUT2D eigenvalue weighted by molar-refractivity contribution is 7.99. The lowest BCUT2D eigenvalue weighted by atomic mass is 10.0. The van der Waals surface area contributed by atoms with Crippen molar-refractivity contribution in [2.75, 3.05) is 20.0 Å². The van der Waals surface area contributed by atoms with Gasteiger partial charge in [-0.2, -0.15) is 5.10 Å². The molecule has 0 bridgehead atoms. The lowest BCUT2D eigenvalue weighted by Crippen LogP contribution is -2.28. The lowest BCUT2D eigenvalue weighted by Gasteiger charge is -2.22. The van der Waals surface area contributed by atoms with Crippen molar-refractivity contribution in [2.24, 2.45) is 12.1 Å². The summed E-state index contributed by atoms with van der Waals surface area (Å²) >= 11 is 2.89. The summed E-state index contributed by atoms with van der Waals surface area (Å²) < 4.78 is 12.3. The molecule has 30 heavy (non-hydrogen) atoms. The molecule has 4 rings (SSSR count). The van der Waals surface area contributed by atoms with Crippen molar-refractivity contribution in [3.63, 3.8) is 0 Å². The fraction of sp³-hybridized carbons (Fsp3) is 0.316. The molecular formula is C19H20N6O3S2. The van der Waals surface area contributed by atoms with E-state index in [0.29, 0.717) is 23.1 Å². The van der Waals surface area contributed by atoms with Crippen molar-refractivity contribution in [1.82, 2.24) is 25.2 Å². The number of carbonyl (C=O) groups is 1. The van der Waals surface area contributed by atoms with Gasteiger partial charge in [0.2, 0.25) is 5.16 Å². The molecule has 1 aliphatic rings. The van der Waals surface area contributed by atoms with Crippen LogP contribution in [0.5, 0.6) is 11.5 Å². The number of amides is 1.